The number of unbranched alkanes of at least 4 members (excludes halogenated alkanes) is 3. The first-order chi connectivity index (χ1) is 16.1. The van der Waals surface area contributed by atoms with Gasteiger partial charge in [0.05, 0.1) is 6.61 Å². The Bertz CT molecular complexity index is 761. The summed E-state index contributed by atoms with van der Waals surface area (Å²) < 4.78 is 34.5. The number of hydrogen-bond donors (Lipinski definition) is 0. The molecule has 1 aromatic carbocycles. The zero-order valence-corrected chi connectivity index (χ0v) is 20.7. The molecule has 184 valence electrons. The van der Waals surface area contributed by atoms with E-state index >= 15 is 0 Å². The van der Waals surface area contributed by atoms with Crippen LogP contribution in [-0.4, -0.2) is 6.61 Å². The maximum Gasteiger partial charge on any atom is 0.201 e. The molecular weight excluding hydrogens is 414 g/mol. The van der Waals surface area contributed by atoms with Crippen LogP contribution in [0.1, 0.15) is 109 Å². The molecule has 1 fully saturated rings. The van der Waals surface area contributed by atoms with Crippen LogP contribution in [0, 0.1) is 29.4 Å². The number of allylic oxidation sites excluding steroid dienone is 3. The minimum atomic E-state index is -0.845. The van der Waals surface area contributed by atoms with E-state index in [2.05, 4.69) is 12.7 Å². The highest BCUT2D eigenvalue weighted by atomic mass is 19.2. The molecule has 0 heterocycles. The summed E-state index contributed by atoms with van der Waals surface area (Å²) >= 11 is 0. The molecule has 0 radical (unpaired) electrons. The predicted molar refractivity (Wildman–Crippen MR) is 135 cm³/mol. The van der Waals surface area contributed by atoms with E-state index < -0.39 is 11.6 Å². The summed E-state index contributed by atoms with van der Waals surface area (Å²) in [6, 6.07) is 3.29. The Kier molecular flexibility index (Phi) is 11.0. The lowest BCUT2D eigenvalue weighted by atomic mass is 9.76. The standard InChI is InChI=1S/C30H44F2O/c1-3-5-7-8-9-23-10-12-24(13-11-23)14-15-25-16-18-26(19-17-25)27-20-21-28(30(32)29(27)31)33-22-6-4-2/h3,18,20-21,23-25H,1,4-17,19,22H2,2H3. The molecule has 1 nitrogen and oxygen atoms in total. The van der Waals surface area contributed by atoms with Crippen molar-refractivity contribution in [2.24, 2.45) is 17.8 Å². The maximum atomic E-state index is 14.7. The monoisotopic (exact) mass is 458 g/mol. The van der Waals surface area contributed by atoms with E-state index in [1.807, 2.05) is 13.0 Å². The van der Waals surface area contributed by atoms with Crippen LogP contribution in [0.15, 0.2) is 30.9 Å². The predicted octanol–water partition coefficient (Wildman–Crippen LogP) is 9.66. The van der Waals surface area contributed by atoms with E-state index in [1.54, 1.807) is 12.1 Å². The highest BCUT2D eigenvalue weighted by Gasteiger charge is 2.24. The van der Waals surface area contributed by atoms with Crippen LogP contribution in [-0.2, 0) is 0 Å². The molecular formula is C30H44F2O. The van der Waals surface area contributed by atoms with Gasteiger partial charge in [0, 0.05) is 5.56 Å². The Morgan fingerprint density at radius 3 is 2.30 bits per heavy atom. The molecule has 1 unspecified atom stereocenters. The second kappa shape index (κ2) is 13.9. The Labute approximate surface area is 200 Å². The summed E-state index contributed by atoms with van der Waals surface area (Å²) in [5, 5.41) is 0. The molecule has 33 heavy (non-hydrogen) atoms. The van der Waals surface area contributed by atoms with E-state index in [1.165, 1.54) is 57.8 Å². The van der Waals surface area contributed by atoms with Crippen LogP contribution in [0.2, 0.25) is 0 Å². The zero-order valence-electron chi connectivity index (χ0n) is 20.7. The Hall–Kier alpha value is -1.64. The van der Waals surface area contributed by atoms with Crippen LogP contribution >= 0.6 is 0 Å². The van der Waals surface area contributed by atoms with Crippen molar-refractivity contribution in [3.8, 4) is 5.75 Å². The highest BCUT2D eigenvalue weighted by molar-refractivity contribution is 5.67. The molecule has 0 spiro atoms. The average molecular weight is 459 g/mol. The second-order valence-electron chi connectivity index (χ2n) is 10.3. The van der Waals surface area contributed by atoms with E-state index in [0.717, 1.165) is 55.9 Å². The highest BCUT2D eigenvalue weighted by Crippen LogP contribution is 2.39. The van der Waals surface area contributed by atoms with E-state index in [9.17, 15) is 8.78 Å². The van der Waals surface area contributed by atoms with Gasteiger partial charge in [-0.15, -0.1) is 6.58 Å². The number of ether oxygens (including phenoxy) is 1. The van der Waals surface area contributed by atoms with Crippen molar-refractivity contribution in [3.63, 3.8) is 0 Å². The lowest BCUT2D eigenvalue weighted by Crippen LogP contribution is -2.16. The summed E-state index contributed by atoms with van der Waals surface area (Å²) in [7, 11) is 0. The number of hydrogen-bond acceptors (Lipinski definition) is 1. The number of benzene rings is 1. The van der Waals surface area contributed by atoms with Gasteiger partial charge in [-0.3, -0.25) is 0 Å². The molecule has 0 saturated heterocycles. The van der Waals surface area contributed by atoms with E-state index in [-0.39, 0.29) is 5.75 Å². The lowest BCUT2D eigenvalue weighted by molar-refractivity contribution is 0.235. The van der Waals surface area contributed by atoms with Gasteiger partial charge in [-0.05, 0) is 80.4 Å². The summed E-state index contributed by atoms with van der Waals surface area (Å²) in [4.78, 5) is 0. The summed E-state index contributed by atoms with van der Waals surface area (Å²) in [6.07, 6.45) is 22.4. The van der Waals surface area contributed by atoms with Gasteiger partial charge in [0.25, 0.3) is 0 Å². The molecule has 1 saturated carbocycles. The third-order valence-electron chi connectivity index (χ3n) is 7.89. The molecule has 0 aliphatic heterocycles. The van der Waals surface area contributed by atoms with Gasteiger partial charge < -0.3 is 4.74 Å². The molecule has 2 aliphatic rings. The fraction of sp³-hybridized carbons (Fsp3) is 0.667. The smallest absolute Gasteiger partial charge is 0.201 e. The van der Waals surface area contributed by atoms with Crippen LogP contribution < -0.4 is 4.74 Å². The van der Waals surface area contributed by atoms with Gasteiger partial charge in [-0.25, -0.2) is 4.39 Å². The molecule has 0 amide bonds. The fourth-order valence-corrected chi connectivity index (χ4v) is 5.61. The third kappa shape index (κ3) is 7.97. The van der Waals surface area contributed by atoms with E-state index in [0.29, 0.717) is 18.1 Å². The van der Waals surface area contributed by atoms with Gasteiger partial charge in [-0.2, -0.15) is 4.39 Å². The van der Waals surface area contributed by atoms with Crippen molar-refractivity contribution in [1.82, 2.24) is 0 Å². The van der Waals surface area contributed by atoms with Crippen molar-refractivity contribution in [1.29, 1.82) is 0 Å². The minimum absolute atomic E-state index is 0.0328. The van der Waals surface area contributed by atoms with Crippen LogP contribution in [0.5, 0.6) is 5.75 Å². The van der Waals surface area contributed by atoms with Crippen LogP contribution in [0.3, 0.4) is 0 Å². The summed E-state index contributed by atoms with van der Waals surface area (Å²) in [5.74, 6) is 0.967. The van der Waals surface area contributed by atoms with Crippen molar-refractivity contribution in [2.45, 2.75) is 103 Å². The summed E-state index contributed by atoms with van der Waals surface area (Å²) in [6.45, 7) is 6.29. The minimum Gasteiger partial charge on any atom is -0.490 e. The number of rotatable bonds is 13. The SMILES string of the molecule is C=CCCCCC1CCC(CCC2CC=C(c3ccc(OCCCC)c(F)c3F)CC2)CC1. The van der Waals surface area contributed by atoms with Crippen molar-refractivity contribution in [3.05, 3.63) is 48.1 Å². The van der Waals surface area contributed by atoms with Gasteiger partial charge in [0.15, 0.2) is 11.6 Å². The maximum absolute atomic E-state index is 14.7. The molecule has 0 bridgehead atoms. The first kappa shape index (κ1) is 26.0. The van der Waals surface area contributed by atoms with E-state index in [4.69, 9.17) is 4.74 Å². The molecule has 0 aromatic heterocycles. The molecule has 3 heteroatoms. The molecule has 2 aliphatic carbocycles. The quantitative estimate of drug-likeness (QED) is 0.211. The number of halogens is 2. The topological polar surface area (TPSA) is 9.23 Å². The normalized spacial score (nSPS) is 23.2. The first-order valence-electron chi connectivity index (χ1n) is 13.5. The molecule has 1 atom stereocenters. The average Bonchev–Trinajstić information content (AvgIpc) is 2.84. The summed E-state index contributed by atoms with van der Waals surface area (Å²) in [5.41, 5.74) is 1.37. The second-order valence-corrected chi connectivity index (χ2v) is 10.3. The molecule has 3 rings (SSSR count). The van der Waals surface area contributed by atoms with Gasteiger partial charge in [0.1, 0.15) is 0 Å². The fourth-order valence-electron chi connectivity index (χ4n) is 5.61. The Balaban J connectivity index is 1.40. The molecule has 0 N–H and O–H groups in total. The third-order valence-corrected chi connectivity index (χ3v) is 7.89. The van der Waals surface area contributed by atoms with Crippen molar-refractivity contribution < 1.29 is 13.5 Å². The van der Waals surface area contributed by atoms with Crippen molar-refractivity contribution in [2.75, 3.05) is 6.61 Å². The first-order valence-corrected chi connectivity index (χ1v) is 13.5. The lowest BCUT2D eigenvalue weighted by Gasteiger charge is -2.30. The van der Waals surface area contributed by atoms with Crippen molar-refractivity contribution >= 4 is 5.57 Å². The zero-order chi connectivity index (χ0) is 23.5. The van der Waals surface area contributed by atoms with Crippen LogP contribution in [0.4, 0.5) is 8.78 Å². The Morgan fingerprint density at radius 2 is 1.64 bits per heavy atom. The Morgan fingerprint density at radius 1 is 0.909 bits per heavy atom. The van der Waals surface area contributed by atoms with Gasteiger partial charge in [-0.1, -0.05) is 70.4 Å². The molecule has 1 aromatic rings. The van der Waals surface area contributed by atoms with Crippen LogP contribution in [0.25, 0.3) is 5.57 Å². The largest absolute Gasteiger partial charge is 0.490 e. The van der Waals surface area contributed by atoms with Gasteiger partial charge in [0.2, 0.25) is 5.82 Å². The van der Waals surface area contributed by atoms with Gasteiger partial charge >= 0.3 is 0 Å².